The summed E-state index contributed by atoms with van der Waals surface area (Å²) in [6.45, 7) is -6.21. The lowest BCUT2D eigenvalue weighted by Crippen LogP contribution is -2.20. The van der Waals surface area contributed by atoms with Crippen molar-refractivity contribution < 1.29 is 22.2 Å². The van der Waals surface area contributed by atoms with Gasteiger partial charge in [0.05, 0.1) is 5.75 Å². The Bertz CT molecular complexity index is 1030. The number of rotatable bonds is 6. The molecule has 1 aromatic heterocycles. The van der Waals surface area contributed by atoms with Gasteiger partial charge in [0.15, 0.2) is 1.41 Å². The molecule has 0 unspecified atom stereocenters. The van der Waals surface area contributed by atoms with E-state index in [0.717, 1.165) is 9.88 Å². The van der Waals surface area contributed by atoms with Crippen LogP contribution in [-0.4, -0.2) is 45.8 Å². The zero-order valence-electron chi connectivity index (χ0n) is 20.8. The third-order valence-corrected chi connectivity index (χ3v) is 3.66. The second-order valence-corrected chi connectivity index (χ2v) is 6.01. The Morgan fingerprint density at radius 2 is 2.45 bits per heavy atom. The van der Waals surface area contributed by atoms with Crippen molar-refractivity contribution in [3.05, 3.63) is 35.5 Å². The molecule has 2 rings (SSSR count). The quantitative estimate of drug-likeness (QED) is 0.846. The molecule has 0 aliphatic heterocycles. The molecular weight excluding hydrogens is 274 g/mol. The first kappa shape index (κ1) is 6.60. The van der Waals surface area contributed by atoms with E-state index >= 15 is 0 Å². The van der Waals surface area contributed by atoms with E-state index in [2.05, 4.69) is 0 Å². The Balaban J connectivity index is 2.48. The SMILES string of the molecule is [2H]N(C([2H])([2H])[2H])S(=O)(=O)Cc1ccc2c(c1)c(C([2H])([2H])CN(C)C([2H])([2H])[2H])cn2[2H]. The molecule has 2 N–H and O–H groups in total. The molecule has 0 bridgehead atoms. The number of hydrogen-bond donors (Lipinski definition) is 2. The highest BCUT2D eigenvalue weighted by molar-refractivity contribution is 7.88. The summed E-state index contributed by atoms with van der Waals surface area (Å²) in [5, 5.41) is 0.187. The molecule has 1 aromatic carbocycles. The summed E-state index contributed by atoms with van der Waals surface area (Å²) in [5.41, 5.74) is 0.336. The van der Waals surface area contributed by atoms with Gasteiger partial charge in [-0.15, -0.1) is 0 Å². The molecule has 2 aromatic rings. The molecular formula is C14H21N3O2S. The van der Waals surface area contributed by atoms with Crippen LogP contribution >= 0.6 is 0 Å². The van der Waals surface area contributed by atoms with E-state index in [0.29, 0.717) is 0 Å². The van der Waals surface area contributed by atoms with Crippen molar-refractivity contribution in [3.63, 3.8) is 0 Å². The maximum Gasteiger partial charge on any atom is 0.215 e. The summed E-state index contributed by atoms with van der Waals surface area (Å²) in [5.74, 6) is -0.814. The summed E-state index contributed by atoms with van der Waals surface area (Å²) < 4.78 is 99.4. The van der Waals surface area contributed by atoms with Crippen molar-refractivity contribution in [3.8, 4) is 0 Å². The zero-order chi connectivity index (χ0) is 23.3. The smallest absolute Gasteiger partial charge is 0.215 e. The normalized spacial score (nSPS) is 21.9. The van der Waals surface area contributed by atoms with Gasteiger partial charge in [0, 0.05) is 34.6 Å². The fourth-order valence-electron chi connectivity index (χ4n) is 1.79. The van der Waals surface area contributed by atoms with Gasteiger partial charge in [-0.1, -0.05) is 6.07 Å². The average Bonchev–Trinajstić information content (AvgIpc) is 2.89. The fourth-order valence-corrected chi connectivity index (χ4v) is 2.46. The van der Waals surface area contributed by atoms with Crippen LogP contribution in [0.3, 0.4) is 0 Å². The van der Waals surface area contributed by atoms with Crippen LogP contribution in [-0.2, 0) is 22.1 Å². The van der Waals surface area contributed by atoms with Crippen LogP contribution in [0.1, 0.15) is 22.1 Å². The van der Waals surface area contributed by atoms with Crippen molar-refractivity contribution in [2.75, 3.05) is 27.5 Å². The summed E-state index contributed by atoms with van der Waals surface area (Å²) in [7, 11) is -3.28. The second kappa shape index (κ2) is 5.95. The minimum atomic E-state index is -4.51. The van der Waals surface area contributed by atoms with Gasteiger partial charge in [0.1, 0.15) is 1.41 Å². The number of aromatic nitrogens is 1. The third-order valence-electron chi connectivity index (χ3n) is 2.68. The van der Waals surface area contributed by atoms with Gasteiger partial charge in [0.25, 0.3) is 0 Å². The molecule has 0 atom stereocenters. The van der Waals surface area contributed by atoms with Gasteiger partial charge in [-0.25, -0.2) is 13.1 Å². The number of sulfonamides is 1. The summed E-state index contributed by atoms with van der Waals surface area (Å²) >= 11 is 0. The Hall–Kier alpha value is -1.37. The van der Waals surface area contributed by atoms with Crippen molar-refractivity contribution in [2.45, 2.75) is 12.1 Å². The lowest BCUT2D eigenvalue weighted by molar-refractivity contribution is 0.414. The molecule has 1 heterocycles. The molecule has 0 saturated heterocycles. The minimum Gasteiger partial charge on any atom is -0.361 e. The number of hydrogen-bond acceptors (Lipinski definition) is 3. The average molecular weight is 305 g/mol. The van der Waals surface area contributed by atoms with Crippen molar-refractivity contribution in [1.82, 2.24) is 14.6 Å². The molecule has 0 fully saturated rings. The molecule has 0 spiro atoms. The summed E-state index contributed by atoms with van der Waals surface area (Å²) in [6.07, 6.45) is -1.01. The topological polar surface area (TPSA) is 65.2 Å². The number of nitrogens with one attached hydrogen (secondary N) is 2. The van der Waals surface area contributed by atoms with E-state index in [1.807, 2.05) is 0 Å². The van der Waals surface area contributed by atoms with Crippen LogP contribution in [0, 0.1) is 0 Å². The molecule has 20 heavy (non-hydrogen) atoms. The number of nitrogens with zero attached hydrogens (tertiary/aromatic N) is 1. The maximum atomic E-state index is 12.2. The standard InChI is InChI=1S/C14H21N3O2S/c1-15-20(18,19)10-11-4-5-14-13(8-11)12(9-16-14)6-7-17(2)3/h4-5,8-9,15-16H,6-7,10H2,1-3H3/i1D3,2D3,6D2/hD2. The molecule has 0 aliphatic rings. The molecule has 110 valence electrons. The Kier molecular flexibility index (Phi) is 1.96. The van der Waals surface area contributed by atoms with Gasteiger partial charge in [-0.05, 0) is 50.6 Å². The highest BCUT2D eigenvalue weighted by atomic mass is 32.2. The van der Waals surface area contributed by atoms with Gasteiger partial charge in [-0.3, -0.25) is 0 Å². The summed E-state index contributed by atoms with van der Waals surface area (Å²) in [4.78, 5) is 1.73. The Morgan fingerprint density at radius 3 is 3.20 bits per heavy atom. The monoisotopic (exact) mass is 305 g/mol. The van der Waals surface area contributed by atoms with Crippen molar-refractivity contribution >= 4 is 20.9 Å². The van der Waals surface area contributed by atoms with Gasteiger partial charge < -0.3 is 9.88 Å². The van der Waals surface area contributed by atoms with Crippen LogP contribution in [0.4, 0.5) is 0 Å². The van der Waals surface area contributed by atoms with Crippen LogP contribution < -0.4 is 4.72 Å². The maximum absolute atomic E-state index is 12.2. The van der Waals surface area contributed by atoms with Gasteiger partial charge >= 0.3 is 0 Å². The third kappa shape index (κ3) is 3.59. The number of likely N-dealkylation sites (N-methyl/N-ethyl adjacent to an activating group) is 1. The first-order valence-electron chi connectivity index (χ1n) is 10.6. The van der Waals surface area contributed by atoms with Gasteiger partial charge in [0.2, 0.25) is 10.0 Å². The largest absolute Gasteiger partial charge is 0.361 e. The van der Waals surface area contributed by atoms with Crippen molar-refractivity contribution in [2.24, 2.45) is 0 Å². The van der Waals surface area contributed by atoms with Crippen LogP contribution in [0.25, 0.3) is 10.9 Å². The lowest BCUT2D eigenvalue weighted by atomic mass is 10.1. The van der Waals surface area contributed by atoms with E-state index in [1.165, 1.54) is 31.4 Å². The summed E-state index contributed by atoms with van der Waals surface area (Å²) in [6, 6.07) is 4.02. The first-order chi connectivity index (χ1) is 13.4. The molecule has 0 aliphatic carbocycles. The van der Waals surface area contributed by atoms with Gasteiger partial charge in [-0.2, -0.15) is 0 Å². The number of H-pyrrole nitrogens is 1. The van der Waals surface area contributed by atoms with Crippen molar-refractivity contribution in [1.29, 1.82) is 0 Å². The predicted molar refractivity (Wildman–Crippen MR) is 82.2 cm³/mol. The molecule has 0 radical (unpaired) electrons. The number of benzene rings is 1. The van der Waals surface area contributed by atoms with Crippen LogP contribution in [0.15, 0.2) is 24.4 Å². The molecule has 0 saturated carbocycles. The lowest BCUT2D eigenvalue weighted by Gasteiger charge is -2.08. The highest BCUT2D eigenvalue weighted by Crippen LogP contribution is 2.21. The minimum absolute atomic E-state index is 0.0126. The second-order valence-electron chi connectivity index (χ2n) is 4.37. The predicted octanol–water partition coefficient (Wildman–Crippen LogP) is 1.32. The molecule has 5 nitrogen and oxygen atoms in total. The van der Waals surface area contributed by atoms with Crippen LogP contribution in [0.2, 0.25) is 2.82 Å². The Labute approximate surface area is 134 Å². The molecule has 6 heteroatoms. The number of aromatic amines is 1. The van der Waals surface area contributed by atoms with E-state index in [-0.39, 0.29) is 22.0 Å². The van der Waals surface area contributed by atoms with E-state index in [1.54, 1.807) is 0 Å². The Morgan fingerprint density at radius 1 is 1.60 bits per heavy atom. The first-order valence-corrected chi connectivity index (χ1v) is 7.34. The molecule has 0 amide bonds. The van der Waals surface area contributed by atoms with E-state index < -0.39 is 47.4 Å². The number of fused-ring (bicyclic) bond motifs is 1. The highest BCUT2D eigenvalue weighted by Gasteiger charge is 2.11. The fraction of sp³-hybridized carbons (Fsp3) is 0.429. The zero-order valence-corrected chi connectivity index (χ0v) is 11.6. The van der Waals surface area contributed by atoms with Crippen LogP contribution in [0.5, 0.6) is 0 Å². The van der Waals surface area contributed by atoms with E-state index in [9.17, 15) is 8.42 Å². The van der Waals surface area contributed by atoms with E-state index in [4.69, 9.17) is 13.8 Å².